The first-order chi connectivity index (χ1) is 12.4. The van der Waals surface area contributed by atoms with Gasteiger partial charge in [-0.3, -0.25) is 0 Å². The van der Waals surface area contributed by atoms with Gasteiger partial charge in [-0.2, -0.15) is 0 Å². The van der Waals surface area contributed by atoms with Gasteiger partial charge in [0.15, 0.2) is 0 Å². The van der Waals surface area contributed by atoms with Gasteiger partial charge in [-0.15, -0.1) is 0 Å². The standard InChI is InChI=1S/C11H6N.C11H7O.Ti/c2*1-2-6-10-8(4-1)9-5-3-7-11(9)12-10;/h1-4,6-7H;1-7H;. The van der Waals surface area contributed by atoms with E-state index < -0.39 is 0 Å². The van der Waals surface area contributed by atoms with Crippen molar-refractivity contribution in [2.24, 2.45) is 4.99 Å². The fraction of sp³-hybridized carbons (Fsp3) is 0.0455. The molecule has 25 heavy (non-hydrogen) atoms. The average molecular weight is 355 g/mol. The predicted octanol–water partition coefficient (Wildman–Crippen LogP) is 3.85. The van der Waals surface area contributed by atoms with Crippen molar-refractivity contribution in [2.75, 3.05) is 0 Å². The van der Waals surface area contributed by atoms with E-state index in [4.69, 9.17) is 9.41 Å². The molecule has 3 heteroatoms. The molecule has 0 bridgehead atoms. The number of para-hydroxylation sites is 2. The van der Waals surface area contributed by atoms with Crippen molar-refractivity contribution in [2.45, 2.75) is 4.22 Å². The van der Waals surface area contributed by atoms with E-state index >= 15 is 0 Å². The van der Waals surface area contributed by atoms with Crippen LogP contribution in [0.1, 0.15) is 15.5 Å². The van der Waals surface area contributed by atoms with Crippen LogP contribution >= 0.6 is 0 Å². The molecule has 0 fully saturated rings. The Morgan fingerprint density at radius 3 is 2.84 bits per heavy atom. The second-order valence-corrected chi connectivity index (χ2v) is 8.76. The van der Waals surface area contributed by atoms with Crippen LogP contribution < -0.4 is 10.6 Å². The Bertz CT molecular complexity index is 1270. The van der Waals surface area contributed by atoms with E-state index in [1.165, 1.54) is 25.6 Å². The summed E-state index contributed by atoms with van der Waals surface area (Å²) in [7, 11) is 0. The molecule has 0 spiro atoms. The molecule has 0 saturated carbocycles. The minimum atomic E-state index is -0.377. The number of allylic oxidation sites excluding steroid dienone is 4. The molecule has 0 amide bonds. The number of furan rings is 1. The monoisotopic (exact) mass is 355 g/mol. The summed E-state index contributed by atoms with van der Waals surface area (Å²) < 4.78 is 8.00. The first kappa shape index (κ1) is 13.8. The number of nitrogens with zero attached hydrogens (tertiary/aromatic N) is 1. The van der Waals surface area contributed by atoms with E-state index in [2.05, 4.69) is 66.8 Å². The molecule has 1 unspecified atom stereocenters. The Hall–Kier alpha value is -2.42. The van der Waals surface area contributed by atoms with Crippen LogP contribution in [-0.2, 0) is 19.2 Å². The third kappa shape index (κ3) is 1.92. The molecule has 2 nitrogen and oxygen atoms in total. The van der Waals surface area contributed by atoms with E-state index in [-0.39, 0.29) is 19.2 Å². The van der Waals surface area contributed by atoms with Crippen molar-refractivity contribution in [3.05, 3.63) is 98.2 Å². The zero-order valence-corrected chi connectivity index (χ0v) is 14.9. The van der Waals surface area contributed by atoms with Crippen LogP contribution in [0.15, 0.2) is 85.7 Å². The number of hydrogen-bond acceptors (Lipinski definition) is 2. The van der Waals surface area contributed by atoms with Crippen LogP contribution in [0.5, 0.6) is 0 Å². The summed E-state index contributed by atoms with van der Waals surface area (Å²) in [5.41, 5.74) is 4.89. The van der Waals surface area contributed by atoms with Gasteiger partial charge >= 0.3 is 154 Å². The third-order valence-corrected chi connectivity index (χ3v) is 7.45. The number of hydrogen-bond donors (Lipinski definition) is 0. The molecule has 3 aromatic rings. The van der Waals surface area contributed by atoms with Gasteiger partial charge in [0.05, 0.1) is 0 Å². The summed E-state index contributed by atoms with van der Waals surface area (Å²) >= 11 is -0.377. The molecule has 0 N–H and O–H groups in total. The summed E-state index contributed by atoms with van der Waals surface area (Å²) in [6.07, 6.45) is 8.96. The van der Waals surface area contributed by atoms with E-state index in [1.54, 1.807) is 0 Å². The zero-order chi connectivity index (χ0) is 16.4. The molecule has 0 radical (unpaired) electrons. The first-order valence-corrected chi connectivity index (χ1v) is 10.1. The molecule has 116 valence electrons. The molecule has 3 aliphatic rings. The van der Waals surface area contributed by atoms with Gasteiger partial charge < -0.3 is 0 Å². The van der Waals surface area contributed by atoms with Crippen molar-refractivity contribution in [3.63, 3.8) is 0 Å². The van der Waals surface area contributed by atoms with Crippen LogP contribution in [0.4, 0.5) is 0 Å². The molecule has 1 aliphatic heterocycles. The second kappa shape index (κ2) is 5.04. The fourth-order valence-electron chi connectivity index (χ4n) is 3.97. The normalized spacial score (nSPS) is 19.4. The number of rotatable bonds is 2. The van der Waals surface area contributed by atoms with Gasteiger partial charge in [0, 0.05) is 0 Å². The van der Waals surface area contributed by atoms with Gasteiger partial charge in [-0.25, -0.2) is 0 Å². The fourth-order valence-corrected chi connectivity index (χ4v) is 6.40. The molecular weight excluding hydrogens is 342 g/mol. The van der Waals surface area contributed by atoms with Crippen molar-refractivity contribution in [1.29, 1.82) is 0 Å². The van der Waals surface area contributed by atoms with Crippen LogP contribution in [0.3, 0.4) is 0 Å². The average Bonchev–Trinajstić information content (AvgIpc) is 3.36. The molecule has 1 atom stereocenters. The summed E-state index contributed by atoms with van der Waals surface area (Å²) in [6, 6.07) is 16.9. The maximum absolute atomic E-state index is 6.02. The SMILES string of the molecule is C1=C[CH]([Ti][C]2=CC=C3N=c4ccccc4=C32)c2c1oc1ccccc21. The van der Waals surface area contributed by atoms with E-state index in [9.17, 15) is 0 Å². The second-order valence-electron chi connectivity index (χ2n) is 6.49. The topological polar surface area (TPSA) is 25.5 Å². The minimum absolute atomic E-state index is 0.377. The predicted molar refractivity (Wildman–Crippen MR) is 94.8 cm³/mol. The van der Waals surface area contributed by atoms with Crippen LogP contribution in [0.2, 0.25) is 0 Å². The first-order valence-electron chi connectivity index (χ1n) is 8.45. The molecule has 2 heterocycles. The Balaban J connectivity index is 1.44. The molecule has 0 saturated heterocycles. The number of benzene rings is 2. The molecular formula is C22H13NOTi. The third-order valence-electron chi connectivity index (χ3n) is 5.07. The van der Waals surface area contributed by atoms with Crippen LogP contribution in [0.25, 0.3) is 22.6 Å². The van der Waals surface area contributed by atoms with E-state index in [0.717, 1.165) is 22.4 Å². The van der Waals surface area contributed by atoms with Gasteiger partial charge in [-0.05, 0) is 0 Å². The Labute approximate surface area is 153 Å². The Morgan fingerprint density at radius 1 is 0.960 bits per heavy atom. The van der Waals surface area contributed by atoms with Gasteiger partial charge in [0.1, 0.15) is 0 Å². The molecule has 2 aliphatic carbocycles. The quantitative estimate of drug-likeness (QED) is 0.641. The van der Waals surface area contributed by atoms with Crippen molar-refractivity contribution >= 4 is 22.6 Å². The van der Waals surface area contributed by atoms with Crippen LogP contribution in [-0.4, -0.2) is 0 Å². The molecule has 1 aromatic heterocycles. The van der Waals surface area contributed by atoms with Gasteiger partial charge in [-0.1, -0.05) is 0 Å². The number of fused-ring (bicyclic) bond motifs is 5. The summed E-state index contributed by atoms with van der Waals surface area (Å²) in [4.78, 5) is 4.78. The van der Waals surface area contributed by atoms with Crippen molar-refractivity contribution in [3.8, 4) is 0 Å². The van der Waals surface area contributed by atoms with Crippen molar-refractivity contribution < 1.29 is 23.6 Å². The van der Waals surface area contributed by atoms with Gasteiger partial charge in [0.25, 0.3) is 0 Å². The zero-order valence-electron chi connectivity index (χ0n) is 13.4. The van der Waals surface area contributed by atoms with Crippen LogP contribution in [0, 0.1) is 0 Å². The molecule has 6 rings (SSSR count). The maximum atomic E-state index is 6.02. The van der Waals surface area contributed by atoms with Gasteiger partial charge in [0.2, 0.25) is 0 Å². The van der Waals surface area contributed by atoms with Crippen molar-refractivity contribution in [1.82, 2.24) is 0 Å². The Kier molecular flexibility index (Phi) is 2.79. The van der Waals surface area contributed by atoms with E-state index in [1.807, 2.05) is 6.07 Å². The Morgan fingerprint density at radius 2 is 1.84 bits per heavy atom. The molecule has 2 aromatic carbocycles. The summed E-state index contributed by atoms with van der Waals surface area (Å²) in [5.74, 6) is 1.04. The summed E-state index contributed by atoms with van der Waals surface area (Å²) in [5, 5.41) is 3.67. The summed E-state index contributed by atoms with van der Waals surface area (Å²) in [6.45, 7) is 0. The van der Waals surface area contributed by atoms with E-state index in [0.29, 0.717) is 4.22 Å².